The lowest BCUT2D eigenvalue weighted by molar-refractivity contribution is 0.579. The van der Waals surface area contributed by atoms with Crippen LogP contribution in [0.15, 0.2) is 11.1 Å². The predicted octanol–water partition coefficient (Wildman–Crippen LogP) is 5.80. The molecule has 2 heteroatoms. The minimum Gasteiger partial charge on any atom is -0.0928 e. The molecular weight excluding hydrogens is 304 g/mol. The van der Waals surface area contributed by atoms with Gasteiger partial charge >= 0.3 is 0 Å². The number of rotatable bonds is 10. The van der Waals surface area contributed by atoms with Crippen LogP contribution in [0.25, 0.3) is 0 Å². The molecule has 0 radical (unpaired) electrons. The Balaban J connectivity index is 2.85. The molecule has 0 nitrogen and oxygen atoms in total. The van der Waals surface area contributed by atoms with Gasteiger partial charge in [-0.05, 0) is 24.2 Å². The highest BCUT2D eigenvalue weighted by Crippen LogP contribution is 2.10. The molecule has 0 bridgehead atoms. The van der Waals surface area contributed by atoms with E-state index in [9.17, 15) is 0 Å². The summed E-state index contributed by atoms with van der Waals surface area (Å²) in [5, 5.41) is 1.17. The molecule has 0 amide bonds. The summed E-state index contributed by atoms with van der Waals surface area (Å²) in [5.74, 6) is 0. The fourth-order valence-corrected chi connectivity index (χ4v) is 2.14. The van der Waals surface area contributed by atoms with Crippen molar-refractivity contribution in [2.24, 2.45) is 0 Å². The van der Waals surface area contributed by atoms with Gasteiger partial charge in [-0.25, -0.2) is 0 Å². The first-order valence-electron chi connectivity index (χ1n) is 5.73. The van der Waals surface area contributed by atoms with Gasteiger partial charge in [-0.1, -0.05) is 76.5 Å². The second-order valence-corrected chi connectivity index (χ2v) is 4.99. The summed E-state index contributed by atoms with van der Waals surface area (Å²) >= 11 is 6.74. The summed E-state index contributed by atoms with van der Waals surface area (Å²) in [6.07, 6.45) is 14.6. The zero-order chi connectivity index (χ0) is 10.5. The van der Waals surface area contributed by atoms with Crippen LogP contribution < -0.4 is 0 Å². The van der Waals surface area contributed by atoms with E-state index in [1.165, 1.54) is 63.1 Å². The summed E-state index contributed by atoms with van der Waals surface area (Å²) in [7, 11) is 0. The zero-order valence-corrected chi connectivity index (χ0v) is 12.2. The maximum Gasteiger partial charge on any atom is 0.00313 e. The van der Waals surface area contributed by atoms with Crippen LogP contribution in [0.2, 0.25) is 0 Å². The van der Waals surface area contributed by atoms with E-state index >= 15 is 0 Å². The molecule has 0 unspecified atom stereocenters. The van der Waals surface area contributed by atoms with E-state index < -0.39 is 0 Å². The first-order valence-corrected chi connectivity index (χ1v) is 7.76. The van der Waals surface area contributed by atoms with E-state index in [0.29, 0.717) is 0 Å². The number of alkyl halides is 1. The van der Waals surface area contributed by atoms with Crippen LogP contribution in [0, 0.1) is 0 Å². The molecule has 0 saturated carbocycles. The van der Waals surface area contributed by atoms with Crippen molar-refractivity contribution in [3.8, 4) is 0 Å². The van der Waals surface area contributed by atoms with Gasteiger partial charge in [0.1, 0.15) is 0 Å². The fourth-order valence-electron chi connectivity index (χ4n) is 1.48. The van der Waals surface area contributed by atoms with Crippen LogP contribution in [0.4, 0.5) is 0 Å². The molecule has 0 atom stereocenters. The fraction of sp³-hybridized carbons (Fsp3) is 0.833. The number of hydrogen-bond acceptors (Lipinski definition) is 0. The van der Waals surface area contributed by atoms with Gasteiger partial charge < -0.3 is 0 Å². The minimum absolute atomic E-state index is 1.17. The molecule has 0 saturated heterocycles. The van der Waals surface area contributed by atoms with Gasteiger partial charge in [-0.3, -0.25) is 0 Å². The Hall–Kier alpha value is 0.700. The Morgan fingerprint density at radius 1 is 0.714 bits per heavy atom. The average Bonchev–Trinajstić information content (AvgIpc) is 2.21. The molecule has 14 heavy (non-hydrogen) atoms. The maximum atomic E-state index is 3.46. The standard InChI is InChI=1S/C12H22Br2/c13-11-9-7-5-3-1-2-4-6-8-10-12-14/h9,11H,1-8,10,12H2/b11-9+. The Kier molecular flexibility index (Phi) is 14.4. The Labute approximate surface area is 106 Å². The monoisotopic (exact) mass is 324 g/mol. The summed E-state index contributed by atoms with van der Waals surface area (Å²) in [6, 6.07) is 0. The number of allylic oxidation sites excluding steroid dienone is 1. The number of unbranched alkanes of at least 4 members (excludes halogenated alkanes) is 8. The van der Waals surface area contributed by atoms with E-state index in [1.807, 2.05) is 4.99 Å². The second kappa shape index (κ2) is 13.7. The third-order valence-corrected chi connectivity index (χ3v) is 3.28. The first-order chi connectivity index (χ1) is 6.91. The normalized spacial score (nSPS) is 11.3. The highest BCUT2D eigenvalue weighted by molar-refractivity contribution is 9.11. The van der Waals surface area contributed by atoms with E-state index in [0.717, 1.165) is 0 Å². The molecule has 0 aliphatic rings. The topological polar surface area (TPSA) is 0 Å². The van der Waals surface area contributed by atoms with Gasteiger partial charge in [-0.2, -0.15) is 0 Å². The van der Waals surface area contributed by atoms with Crippen LogP contribution in [-0.2, 0) is 0 Å². The lowest BCUT2D eigenvalue weighted by Gasteiger charge is -2.00. The molecule has 0 aliphatic carbocycles. The zero-order valence-electron chi connectivity index (χ0n) is 8.98. The number of halogens is 2. The smallest absolute Gasteiger partial charge is 0.00313 e. The summed E-state index contributed by atoms with van der Waals surface area (Å²) in [5.41, 5.74) is 0. The van der Waals surface area contributed by atoms with Crippen molar-refractivity contribution in [2.45, 2.75) is 57.8 Å². The third-order valence-electron chi connectivity index (χ3n) is 2.34. The van der Waals surface area contributed by atoms with Crippen molar-refractivity contribution in [3.05, 3.63) is 11.1 Å². The lowest BCUT2D eigenvalue weighted by atomic mass is 10.1. The van der Waals surface area contributed by atoms with Crippen molar-refractivity contribution in [1.82, 2.24) is 0 Å². The Morgan fingerprint density at radius 3 is 1.71 bits per heavy atom. The van der Waals surface area contributed by atoms with Crippen molar-refractivity contribution in [1.29, 1.82) is 0 Å². The molecule has 0 fully saturated rings. The van der Waals surface area contributed by atoms with Crippen LogP contribution in [0.3, 0.4) is 0 Å². The molecule has 0 aromatic rings. The molecule has 0 aromatic heterocycles. The van der Waals surface area contributed by atoms with Crippen molar-refractivity contribution in [2.75, 3.05) is 5.33 Å². The predicted molar refractivity (Wildman–Crippen MR) is 73.4 cm³/mol. The van der Waals surface area contributed by atoms with E-state index in [-0.39, 0.29) is 0 Å². The van der Waals surface area contributed by atoms with Crippen molar-refractivity contribution < 1.29 is 0 Å². The largest absolute Gasteiger partial charge is 0.0928 e. The molecule has 84 valence electrons. The van der Waals surface area contributed by atoms with Crippen LogP contribution in [0.1, 0.15) is 57.8 Å². The van der Waals surface area contributed by atoms with Crippen LogP contribution in [0.5, 0.6) is 0 Å². The Morgan fingerprint density at radius 2 is 1.21 bits per heavy atom. The Bertz CT molecular complexity index is 121. The minimum atomic E-state index is 1.17. The van der Waals surface area contributed by atoms with Crippen molar-refractivity contribution >= 4 is 31.9 Å². The quantitative estimate of drug-likeness (QED) is 0.351. The van der Waals surface area contributed by atoms with Gasteiger partial charge in [0.25, 0.3) is 0 Å². The van der Waals surface area contributed by atoms with Gasteiger partial charge in [0.2, 0.25) is 0 Å². The third kappa shape index (κ3) is 12.7. The van der Waals surface area contributed by atoms with Crippen molar-refractivity contribution in [3.63, 3.8) is 0 Å². The summed E-state index contributed by atoms with van der Waals surface area (Å²) in [4.78, 5) is 1.97. The summed E-state index contributed by atoms with van der Waals surface area (Å²) in [6.45, 7) is 0. The second-order valence-electron chi connectivity index (χ2n) is 3.67. The molecule has 0 spiro atoms. The first kappa shape index (κ1) is 14.7. The van der Waals surface area contributed by atoms with Gasteiger partial charge in [0, 0.05) is 5.33 Å². The van der Waals surface area contributed by atoms with E-state index in [1.54, 1.807) is 0 Å². The van der Waals surface area contributed by atoms with Crippen LogP contribution in [-0.4, -0.2) is 5.33 Å². The molecule has 0 aliphatic heterocycles. The average molecular weight is 326 g/mol. The van der Waals surface area contributed by atoms with Gasteiger partial charge in [0.15, 0.2) is 0 Å². The molecule has 0 rings (SSSR count). The highest BCUT2D eigenvalue weighted by Gasteiger charge is 1.90. The van der Waals surface area contributed by atoms with Gasteiger partial charge in [-0.15, -0.1) is 0 Å². The van der Waals surface area contributed by atoms with E-state index in [2.05, 4.69) is 37.9 Å². The van der Waals surface area contributed by atoms with Gasteiger partial charge in [0.05, 0.1) is 0 Å². The van der Waals surface area contributed by atoms with Crippen LogP contribution >= 0.6 is 31.9 Å². The van der Waals surface area contributed by atoms with E-state index in [4.69, 9.17) is 0 Å². The molecule has 0 heterocycles. The highest BCUT2D eigenvalue weighted by atomic mass is 79.9. The summed E-state index contributed by atoms with van der Waals surface area (Å²) < 4.78 is 0. The SMILES string of the molecule is Br/C=C/CCCCCCCCCCBr. The maximum absolute atomic E-state index is 3.46. The molecule has 0 N–H and O–H groups in total. The molecule has 0 aromatic carbocycles. The molecular formula is C12H22Br2. The number of hydrogen-bond donors (Lipinski definition) is 0. The lowest BCUT2D eigenvalue weighted by Crippen LogP contribution is -1.81.